The molecule has 0 nitrogen and oxygen atoms in total. The highest BCUT2D eigenvalue weighted by Gasteiger charge is 2.30. The van der Waals surface area contributed by atoms with E-state index in [-0.39, 0.29) is 0 Å². The molecule has 0 aliphatic heterocycles. The molecular formula is C7H13Cl. The molecule has 0 bridgehead atoms. The second-order valence-electron chi connectivity index (χ2n) is 2.80. The smallest absolute Gasteiger partial charge is 0.0223 e. The summed E-state index contributed by atoms with van der Waals surface area (Å²) in [5, 5.41) is 0. The maximum Gasteiger partial charge on any atom is 0.0223 e. The first-order chi connectivity index (χ1) is 3.84. The molecule has 1 saturated carbocycles. The quantitative estimate of drug-likeness (QED) is 0.518. The molecule has 0 aromatic heterocycles. The van der Waals surface area contributed by atoms with Crippen LogP contribution in [-0.2, 0) is 0 Å². The van der Waals surface area contributed by atoms with E-state index in [0.717, 1.165) is 17.7 Å². The van der Waals surface area contributed by atoms with Gasteiger partial charge in [0.15, 0.2) is 0 Å². The minimum absolute atomic E-state index is 0.850. The summed E-state index contributed by atoms with van der Waals surface area (Å²) in [7, 11) is 0. The molecule has 0 amide bonds. The summed E-state index contributed by atoms with van der Waals surface area (Å²) in [6.45, 7) is 2.32. The van der Waals surface area contributed by atoms with Gasteiger partial charge in [0, 0.05) is 5.88 Å². The molecule has 0 saturated heterocycles. The first-order valence-corrected chi connectivity index (χ1v) is 3.94. The monoisotopic (exact) mass is 132 g/mol. The Morgan fingerprint density at radius 2 is 2.25 bits per heavy atom. The molecule has 0 heterocycles. The first kappa shape index (κ1) is 6.41. The number of hydrogen-bond donors (Lipinski definition) is 0. The molecule has 48 valence electrons. The molecular weight excluding hydrogens is 120 g/mol. The van der Waals surface area contributed by atoms with E-state index in [1.165, 1.54) is 19.3 Å². The van der Waals surface area contributed by atoms with E-state index in [2.05, 4.69) is 6.92 Å². The first-order valence-electron chi connectivity index (χ1n) is 3.40. The molecule has 8 heavy (non-hydrogen) atoms. The lowest BCUT2D eigenvalue weighted by atomic mass is 10.2. The highest BCUT2D eigenvalue weighted by atomic mass is 35.5. The van der Waals surface area contributed by atoms with Crippen LogP contribution in [0.25, 0.3) is 0 Å². The Morgan fingerprint density at radius 1 is 1.62 bits per heavy atom. The zero-order valence-corrected chi connectivity index (χ0v) is 6.12. The van der Waals surface area contributed by atoms with Gasteiger partial charge in [-0.1, -0.05) is 6.92 Å². The Labute approximate surface area is 56.2 Å². The van der Waals surface area contributed by atoms with Crippen LogP contribution in [0.15, 0.2) is 0 Å². The lowest BCUT2D eigenvalue weighted by Crippen LogP contribution is -1.79. The second kappa shape index (κ2) is 2.72. The minimum Gasteiger partial charge on any atom is -0.127 e. The van der Waals surface area contributed by atoms with Gasteiger partial charge < -0.3 is 0 Å². The van der Waals surface area contributed by atoms with E-state index < -0.39 is 0 Å². The van der Waals surface area contributed by atoms with Gasteiger partial charge in [-0.3, -0.25) is 0 Å². The molecule has 2 atom stereocenters. The van der Waals surface area contributed by atoms with Crippen molar-refractivity contribution in [1.29, 1.82) is 0 Å². The van der Waals surface area contributed by atoms with Crippen LogP contribution in [0.4, 0.5) is 0 Å². The zero-order valence-electron chi connectivity index (χ0n) is 5.36. The van der Waals surface area contributed by atoms with E-state index in [1.54, 1.807) is 0 Å². The summed E-state index contributed by atoms with van der Waals surface area (Å²) >= 11 is 5.52. The molecule has 0 spiro atoms. The van der Waals surface area contributed by atoms with Crippen molar-refractivity contribution in [2.75, 3.05) is 5.88 Å². The third-order valence-electron chi connectivity index (χ3n) is 1.98. The lowest BCUT2D eigenvalue weighted by molar-refractivity contribution is 0.662. The van der Waals surface area contributed by atoms with Gasteiger partial charge in [0.1, 0.15) is 0 Å². The van der Waals surface area contributed by atoms with Gasteiger partial charge >= 0.3 is 0 Å². The Morgan fingerprint density at radius 3 is 2.62 bits per heavy atom. The van der Waals surface area contributed by atoms with Crippen LogP contribution in [0.1, 0.15) is 26.2 Å². The predicted molar refractivity (Wildman–Crippen MR) is 37.2 cm³/mol. The normalized spacial score (nSPS) is 35.2. The van der Waals surface area contributed by atoms with Crippen molar-refractivity contribution in [3.8, 4) is 0 Å². The molecule has 1 rings (SSSR count). The van der Waals surface area contributed by atoms with Crippen molar-refractivity contribution in [2.45, 2.75) is 26.2 Å². The molecule has 1 fully saturated rings. The van der Waals surface area contributed by atoms with Crippen LogP contribution in [0.3, 0.4) is 0 Å². The fourth-order valence-corrected chi connectivity index (χ4v) is 1.29. The predicted octanol–water partition coefficient (Wildman–Crippen LogP) is 2.66. The fourth-order valence-electron chi connectivity index (χ4n) is 1.14. The molecule has 0 aromatic rings. The Hall–Kier alpha value is 0.290. The van der Waals surface area contributed by atoms with Gasteiger partial charge in [-0.2, -0.15) is 0 Å². The highest BCUT2D eigenvalue weighted by Crippen LogP contribution is 2.41. The average Bonchev–Trinajstić information content (AvgIpc) is 2.42. The van der Waals surface area contributed by atoms with E-state index in [9.17, 15) is 0 Å². The van der Waals surface area contributed by atoms with Crippen molar-refractivity contribution in [3.05, 3.63) is 0 Å². The fraction of sp³-hybridized carbons (Fsp3) is 1.00. The maximum atomic E-state index is 5.52. The van der Waals surface area contributed by atoms with Crippen molar-refractivity contribution >= 4 is 11.6 Å². The van der Waals surface area contributed by atoms with E-state index in [0.29, 0.717) is 0 Å². The van der Waals surface area contributed by atoms with Crippen LogP contribution in [0, 0.1) is 11.8 Å². The number of rotatable bonds is 3. The van der Waals surface area contributed by atoms with Gasteiger partial charge in [0.05, 0.1) is 0 Å². The average molecular weight is 133 g/mol. The van der Waals surface area contributed by atoms with Crippen molar-refractivity contribution in [2.24, 2.45) is 11.8 Å². The Balaban J connectivity index is 1.89. The molecule has 1 aliphatic rings. The summed E-state index contributed by atoms with van der Waals surface area (Å²) in [5.74, 6) is 2.90. The third kappa shape index (κ3) is 1.66. The lowest BCUT2D eigenvalue weighted by Gasteiger charge is -1.90. The molecule has 2 unspecified atom stereocenters. The van der Waals surface area contributed by atoms with Gasteiger partial charge in [-0.05, 0) is 31.1 Å². The van der Waals surface area contributed by atoms with Crippen LogP contribution < -0.4 is 0 Å². The standard InChI is InChI=1S/C7H13Cl/c1-6-5-7(6)3-2-4-8/h6-7H,2-5H2,1H3. The van der Waals surface area contributed by atoms with Crippen molar-refractivity contribution < 1.29 is 0 Å². The van der Waals surface area contributed by atoms with Crippen molar-refractivity contribution in [3.63, 3.8) is 0 Å². The number of hydrogen-bond acceptors (Lipinski definition) is 0. The van der Waals surface area contributed by atoms with Gasteiger partial charge in [0.2, 0.25) is 0 Å². The summed E-state index contributed by atoms with van der Waals surface area (Å²) in [4.78, 5) is 0. The largest absolute Gasteiger partial charge is 0.127 e. The summed E-state index contributed by atoms with van der Waals surface area (Å²) in [5.41, 5.74) is 0. The van der Waals surface area contributed by atoms with E-state index in [1.807, 2.05) is 0 Å². The summed E-state index contributed by atoms with van der Waals surface area (Å²) in [6, 6.07) is 0. The second-order valence-corrected chi connectivity index (χ2v) is 3.18. The van der Waals surface area contributed by atoms with Crippen LogP contribution >= 0.6 is 11.6 Å². The van der Waals surface area contributed by atoms with Gasteiger partial charge in [-0.15, -0.1) is 11.6 Å². The molecule has 0 aromatic carbocycles. The van der Waals surface area contributed by atoms with E-state index >= 15 is 0 Å². The van der Waals surface area contributed by atoms with Gasteiger partial charge in [0.25, 0.3) is 0 Å². The minimum atomic E-state index is 0.850. The highest BCUT2D eigenvalue weighted by molar-refractivity contribution is 6.17. The number of alkyl halides is 1. The summed E-state index contributed by atoms with van der Waals surface area (Å²) < 4.78 is 0. The topological polar surface area (TPSA) is 0 Å². The van der Waals surface area contributed by atoms with E-state index in [4.69, 9.17) is 11.6 Å². The molecule has 0 radical (unpaired) electrons. The third-order valence-corrected chi connectivity index (χ3v) is 2.25. The SMILES string of the molecule is CC1CC1CCCCl. The van der Waals surface area contributed by atoms with Crippen LogP contribution in [0.2, 0.25) is 0 Å². The van der Waals surface area contributed by atoms with Crippen LogP contribution in [0.5, 0.6) is 0 Å². The maximum absolute atomic E-state index is 5.52. The Bertz CT molecular complexity index is 70.8. The van der Waals surface area contributed by atoms with Gasteiger partial charge in [-0.25, -0.2) is 0 Å². The van der Waals surface area contributed by atoms with Crippen LogP contribution in [-0.4, -0.2) is 5.88 Å². The zero-order chi connectivity index (χ0) is 5.98. The molecule has 0 N–H and O–H groups in total. The Kier molecular flexibility index (Phi) is 2.18. The summed E-state index contributed by atoms with van der Waals surface area (Å²) in [6.07, 6.45) is 4.04. The number of halogens is 1. The van der Waals surface area contributed by atoms with Crippen molar-refractivity contribution in [1.82, 2.24) is 0 Å². The molecule has 1 aliphatic carbocycles. The molecule has 1 heteroatoms.